The third-order valence-electron chi connectivity index (χ3n) is 7.27. The number of carbonyl (C=O) groups is 5. The third kappa shape index (κ3) is 8.48. The molecule has 3 N–H and O–H groups in total. The highest BCUT2D eigenvalue weighted by Crippen LogP contribution is 2.33. The number of hydrogen-bond donors (Lipinski definition) is 3. The van der Waals surface area contributed by atoms with Gasteiger partial charge in [0.1, 0.15) is 13.2 Å². The van der Waals surface area contributed by atoms with E-state index >= 15 is 0 Å². The summed E-state index contributed by atoms with van der Waals surface area (Å²) >= 11 is 0. The highest BCUT2D eigenvalue weighted by atomic mass is 19.4. The Labute approximate surface area is 276 Å². The fourth-order valence-electron chi connectivity index (χ4n) is 4.77. The van der Waals surface area contributed by atoms with E-state index in [1.54, 1.807) is 24.3 Å². The van der Waals surface area contributed by atoms with Crippen LogP contribution in [-0.4, -0.2) is 60.3 Å². The van der Waals surface area contributed by atoms with Crippen LogP contribution < -0.4 is 10.1 Å². The largest absolute Gasteiger partial charge is 0.480 e. The van der Waals surface area contributed by atoms with E-state index in [-0.39, 0.29) is 28.1 Å². The molecule has 0 radical (unpaired) electrons. The van der Waals surface area contributed by atoms with Gasteiger partial charge in [-0.2, -0.15) is 13.2 Å². The molecule has 0 saturated carbocycles. The quantitative estimate of drug-likeness (QED) is 0.0951. The molecular formula is C35H28F3NO10. The fourth-order valence-corrected chi connectivity index (χ4v) is 4.77. The van der Waals surface area contributed by atoms with Crippen LogP contribution in [0.3, 0.4) is 0 Å². The van der Waals surface area contributed by atoms with E-state index in [1.165, 1.54) is 67.8 Å². The van der Waals surface area contributed by atoms with Crippen molar-refractivity contribution in [3.8, 4) is 16.9 Å². The Bertz CT molecular complexity index is 1840. The van der Waals surface area contributed by atoms with Crippen molar-refractivity contribution in [1.29, 1.82) is 0 Å². The summed E-state index contributed by atoms with van der Waals surface area (Å²) in [4.78, 5) is 62.8. The van der Waals surface area contributed by atoms with Gasteiger partial charge in [-0.3, -0.25) is 19.2 Å². The number of aliphatic carboxylic acids is 2. The van der Waals surface area contributed by atoms with Crippen molar-refractivity contribution in [2.24, 2.45) is 0 Å². The Morgan fingerprint density at radius 2 is 1.39 bits per heavy atom. The number of benzene rings is 4. The van der Waals surface area contributed by atoms with Crippen molar-refractivity contribution in [3.63, 3.8) is 0 Å². The zero-order valence-corrected chi connectivity index (χ0v) is 25.7. The number of methoxy groups -OCH3 is 1. The van der Waals surface area contributed by atoms with E-state index in [4.69, 9.17) is 14.2 Å². The van der Waals surface area contributed by atoms with Gasteiger partial charge in [0, 0.05) is 12.7 Å². The molecule has 4 aromatic rings. The topological polar surface area (TPSA) is 166 Å². The van der Waals surface area contributed by atoms with Gasteiger partial charge in [0.25, 0.3) is 5.91 Å². The summed E-state index contributed by atoms with van der Waals surface area (Å²) in [7, 11) is 1.25. The van der Waals surface area contributed by atoms with Crippen LogP contribution in [0.5, 0.6) is 5.75 Å². The van der Waals surface area contributed by atoms with Gasteiger partial charge in [0.15, 0.2) is 5.75 Å². The van der Waals surface area contributed by atoms with Gasteiger partial charge < -0.3 is 29.7 Å². The monoisotopic (exact) mass is 679 g/mol. The number of hydrogen-bond acceptors (Lipinski definition) is 8. The van der Waals surface area contributed by atoms with Gasteiger partial charge in [-0.1, -0.05) is 66.7 Å². The molecule has 0 fully saturated rings. The summed E-state index contributed by atoms with van der Waals surface area (Å²) in [5, 5.41) is 22.2. The molecule has 1 amide bonds. The predicted molar refractivity (Wildman–Crippen MR) is 167 cm³/mol. The Balaban J connectivity index is 1.57. The molecule has 0 aliphatic rings. The number of halogens is 3. The second-order valence-corrected chi connectivity index (χ2v) is 10.5. The molecule has 4 rings (SSSR count). The van der Waals surface area contributed by atoms with E-state index in [9.17, 15) is 47.4 Å². The maximum Gasteiger partial charge on any atom is 0.416 e. The number of ether oxygens (including phenoxy) is 3. The van der Waals surface area contributed by atoms with Gasteiger partial charge in [-0.05, 0) is 52.6 Å². The number of amides is 1. The lowest BCUT2D eigenvalue weighted by molar-refractivity contribution is -0.164. The molecule has 0 unspecified atom stereocenters. The van der Waals surface area contributed by atoms with E-state index < -0.39 is 66.6 Å². The zero-order chi connectivity index (χ0) is 35.8. The van der Waals surface area contributed by atoms with E-state index in [0.717, 1.165) is 12.1 Å². The van der Waals surface area contributed by atoms with Crippen molar-refractivity contribution >= 4 is 35.5 Å². The zero-order valence-electron chi connectivity index (χ0n) is 25.7. The second-order valence-electron chi connectivity index (χ2n) is 10.5. The smallest absolute Gasteiger partial charge is 0.416 e. The number of nitrogens with one attached hydrogen (secondary N) is 1. The van der Waals surface area contributed by atoms with Crippen molar-refractivity contribution in [2.45, 2.75) is 18.0 Å². The average Bonchev–Trinajstić information content (AvgIpc) is 3.06. The first-order valence-corrected chi connectivity index (χ1v) is 14.3. The number of esters is 2. The van der Waals surface area contributed by atoms with Crippen LogP contribution in [0, 0.1) is 0 Å². The van der Waals surface area contributed by atoms with Crippen molar-refractivity contribution in [2.75, 3.05) is 25.6 Å². The molecule has 0 heterocycles. The molecule has 254 valence electrons. The number of rotatable bonds is 13. The predicted octanol–water partition coefficient (Wildman–Crippen LogP) is 5.37. The molecule has 0 saturated heterocycles. The minimum absolute atomic E-state index is 0.0198. The van der Waals surface area contributed by atoms with Gasteiger partial charge in [-0.25, -0.2) is 4.79 Å². The lowest BCUT2D eigenvalue weighted by Crippen LogP contribution is -2.48. The number of carbonyl (C=O) groups excluding carboxylic acids is 3. The molecule has 0 bridgehead atoms. The highest BCUT2D eigenvalue weighted by Gasteiger charge is 2.50. The molecule has 14 heteroatoms. The molecule has 0 aliphatic heterocycles. The van der Waals surface area contributed by atoms with Gasteiger partial charge >= 0.3 is 30.1 Å². The van der Waals surface area contributed by atoms with Gasteiger partial charge in [-0.15, -0.1) is 0 Å². The van der Waals surface area contributed by atoms with Crippen LogP contribution in [0.25, 0.3) is 11.1 Å². The van der Waals surface area contributed by atoms with Crippen LogP contribution in [0.15, 0.2) is 97.1 Å². The maximum absolute atomic E-state index is 13.4. The Morgan fingerprint density at radius 3 is 2.00 bits per heavy atom. The van der Waals surface area contributed by atoms with Gasteiger partial charge in [0.2, 0.25) is 5.41 Å². The van der Waals surface area contributed by atoms with E-state index in [0.29, 0.717) is 11.1 Å². The normalized spacial score (nSPS) is 11.3. The molecule has 0 aromatic heterocycles. The number of anilines is 1. The van der Waals surface area contributed by atoms with Gasteiger partial charge in [0.05, 0.1) is 17.7 Å². The molecule has 0 spiro atoms. The summed E-state index contributed by atoms with van der Waals surface area (Å²) in [5.74, 6) is -6.26. The van der Waals surface area contributed by atoms with Crippen molar-refractivity contribution in [1.82, 2.24) is 0 Å². The van der Waals surface area contributed by atoms with E-state index in [2.05, 4.69) is 5.32 Å². The fraction of sp³-hybridized carbons (Fsp3) is 0.171. The van der Waals surface area contributed by atoms with E-state index in [1.807, 2.05) is 0 Å². The standard InChI is InChI=1S/C35H28F3NO10/c1-47-19-30(41)49-28-17-21(18-29(40)48-20-34(32(43)44,33(45)46)23-7-3-2-4-8-23)11-16-27(28)39-31(42)26-10-6-5-9-25(26)22-12-14-24(15-13-22)35(36,37)38/h2-17H,18-20H2,1H3,(H,39,42)(H,43,44)(H,45,46). The first kappa shape index (κ1) is 35.8. The van der Waals surface area contributed by atoms with Crippen LogP contribution in [0.2, 0.25) is 0 Å². The number of carboxylic acids is 2. The van der Waals surface area contributed by atoms with Crippen LogP contribution in [0.4, 0.5) is 18.9 Å². The number of carboxylic acid groups (broad SMARTS) is 2. The molecule has 0 aliphatic carbocycles. The Morgan fingerprint density at radius 1 is 0.755 bits per heavy atom. The Kier molecular flexibility index (Phi) is 11.2. The van der Waals surface area contributed by atoms with Crippen molar-refractivity contribution in [3.05, 3.63) is 119 Å². The molecule has 0 atom stereocenters. The summed E-state index contributed by atoms with van der Waals surface area (Å²) in [6.45, 7) is -1.50. The summed E-state index contributed by atoms with van der Waals surface area (Å²) in [5.41, 5.74) is -2.65. The lowest BCUT2D eigenvalue weighted by atomic mass is 9.81. The summed E-state index contributed by atoms with van der Waals surface area (Å²) in [6.07, 6.45) is -5.05. The maximum atomic E-state index is 13.4. The lowest BCUT2D eigenvalue weighted by Gasteiger charge is -2.25. The third-order valence-corrected chi connectivity index (χ3v) is 7.27. The minimum Gasteiger partial charge on any atom is -0.480 e. The van der Waals surface area contributed by atoms with Crippen LogP contribution >= 0.6 is 0 Å². The first-order valence-electron chi connectivity index (χ1n) is 14.3. The molecule has 11 nitrogen and oxygen atoms in total. The summed E-state index contributed by atoms with van der Waals surface area (Å²) < 4.78 is 54.5. The highest BCUT2D eigenvalue weighted by molar-refractivity contribution is 6.09. The molecule has 49 heavy (non-hydrogen) atoms. The molecule has 4 aromatic carbocycles. The minimum atomic E-state index is -4.54. The summed E-state index contributed by atoms with van der Waals surface area (Å²) in [6, 6.07) is 21.4. The second kappa shape index (κ2) is 15.3. The average molecular weight is 680 g/mol. The first-order chi connectivity index (χ1) is 23.3. The van der Waals surface area contributed by atoms with Crippen molar-refractivity contribution < 1.29 is 61.6 Å². The van der Waals surface area contributed by atoms with Crippen LogP contribution in [0.1, 0.15) is 27.0 Å². The SMILES string of the molecule is COCC(=O)Oc1cc(CC(=O)OCC(C(=O)O)(C(=O)O)c2ccccc2)ccc1NC(=O)c1ccccc1-c1ccc(C(F)(F)F)cc1. The Hall–Kier alpha value is -6.02. The molecular weight excluding hydrogens is 651 g/mol. The number of alkyl halides is 3. The van der Waals surface area contributed by atoms with Crippen LogP contribution in [-0.2, 0) is 46.7 Å².